The van der Waals surface area contributed by atoms with Gasteiger partial charge in [0, 0.05) is 6.42 Å². The number of halogens is 1. The fourth-order valence-electron chi connectivity index (χ4n) is 1.46. The lowest BCUT2D eigenvalue weighted by Crippen LogP contribution is -2.02. The van der Waals surface area contributed by atoms with Gasteiger partial charge < -0.3 is 9.84 Å². The maximum Gasteiger partial charge on any atom is 0.355 e. The molecule has 2 aromatic rings. The number of rotatable bonds is 5. The highest BCUT2D eigenvalue weighted by Crippen LogP contribution is 2.25. The normalized spacial score (nSPS) is 10.3. The standard InChI is InChI=1S/C12H11ClN2O3/c13-9-10(12(16)17)14-15-11(9)18-7-6-8-4-2-1-3-5-8/h1-5H,6-7H2,(H,14,15)(H,16,17). The third-order valence-corrected chi connectivity index (χ3v) is 2.71. The number of nitrogens with zero attached hydrogens (tertiary/aromatic N) is 1. The zero-order valence-corrected chi connectivity index (χ0v) is 10.1. The molecule has 94 valence electrons. The molecule has 0 aliphatic carbocycles. The molecule has 0 atom stereocenters. The van der Waals surface area contributed by atoms with Crippen LogP contribution < -0.4 is 4.74 Å². The predicted molar refractivity (Wildman–Crippen MR) is 66.2 cm³/mol. The Hall–Kier alpha value is -2.01. The number of carboxylic acids is 1. The summed E-state index contributed by atoms with van der Waals surface area (Å²) in [4.78, 5) is 10.7. The molecule has 5 nitrogen and oxygen atoms in total. The van der Waals surface area contributed by atoms with E-state index in [4.69, 9.17) is 21.4 Å². The first kappa shape index (κ1) is 12.4. The highest BCUT2D eigenvalue weighted by Gasteiger charge is 2.17. The minimum absolute atomic E-state index is 0.00411. The maximum atomic E-state index is 10.7. The summed E-state index contributed by atoms with van der Waals surface area (Å²) in [5.74, 6) is -1.05. The summed E-state index contributed by atoms with van der Waals surface area (Å²) >= 11 is 5.80. The molecular formula is C12H11ClN2O3. The van der Waals surface area contributed by atoms with E-state index < -0.39 is 5.97 Å². The summed E-state index contributed by atoms with van der Waals surface area (Å²) < 4.78 is 5.33. The zero-order chi connectivity index (χ0) is 13.0. The lowest BCUT2D eigenvalue weighted by molar-refractivity contribution is 0.0690. The molecule has 2 rings (SSSR count). The van der Waals surface area contributed by atoms with Gasteiger partial charge >= 0.3 is 5.97 Å². The number of carbonyl (C=O) groups is 1. The van der Waals surface area contributed by atoms with Crippen molar-refractivity contribution in [2.75, 3.05) is 6.61 Å². The molecule has 1 aromatic heterocycles. The van der Waals surface area contributed by atoms with E-state index in [9.17, 15) is 4.79 Å². The van der Waals surface area contributed by atoms with Crippen molar-refractivity contribution in [2.45, 2.75) is 6.42 Å². The van der Waals surface area contributed by atoms with E-state index in [2.05, 4.69) is 10.2 Å². The Bertz CT molecular complexity index is 540. The van der Waals surface area contributed by atoms with Gasteiger partial charge in [-0.1, -0.05) is 41.9 Å². The van der Waals surface area contributed by atoms with Crippen molar-refractivity contribution in [1.82, 2.24) is 10.2 Å². The van der Waals surface area contributed by atoms with E-state index in [-0.39, 0.29) is 16.6 Å². The number of benzene rings is 1. The van der Waals surface area contributed by atoms with Crippen molar-refractivity contribution in [2.24, 2.45) is 0 Å². The Balaban J connectivity index is 1.93. The number of H-pyrrole nitrogens is 1. The Morgan fingerprint density at radius 3 is 2.72 bits per heavy atom. The van der Waals surface area contributed by atoms with E-state index in [1.54, 1.807) is 0 Å². The summed E-state index contributed by atoms with van der Waals surface area (Å²) in [5.41, 5.74) is 0.967. The fraction of sp³-hybridized carbons (Fsp3) is 0.167. The van der Waals surface area contributed by atoms with Crippen LogP contribution in [0.3, 0.4) is 0 Å². The third-order valence-electron chi connectivity index (χ3n) is 2.36. The van der Waals surface area contributed by atoms with Crippen LogP contribution in [0, 0.1) is 0 Å². The lowest BCUT2D eigenvalue weighted by atomic mass is 10.2. The zero-order valence-electron chi connectivity index (χ0n) is 9.39. The van der Waals surface area contributed by atoms with Crippen LogP contribution in [0.25, 0.3) is 0 Å². The van der Waals surface area contributed by atoms with Crippen LogP contribution in [-0.4, -0.2) is 27.9 Å². The molecule has 2 N–H and O–H groups in total. The Labute approximate surface area is 108 Å². The number of aromatic carboxylic acids is 1. The highest BCUT2D eigenvalue weighted by atomic mass is 35.5. The highest BCUT2D eigenvalue weighted by molar-refractivity contribution is 6.34. The lowest BCUT2D eigenvalue weighted by Gasteiger charge is -2.03. The molecule has 0 unspecified atom stereocenters. The molecule has 0 spiro atoms. The molecular weight excluding hydrogens is 256 g/mol. The molecule has 0 aliphatic rings. The molecule has 1 aromatic carbocycles. The van der Waals surface area contributed by atoms with Crippen molar-refractivity contribution in [3.8, 4) is 5.88 Å². The molecule has 6 heteroatoms. The van der Waals surface area contributed by atoms with Crippen molar-refractivity contribution in [3.63, 3.8) is 0 Å². The largest absolute Gasteiger partial charge is 0.476 e. The van der Waals surface area contributed by atoms with Crippen LogP contribution in [0.15, 0.2) is 30.3 Å². The minimum atomic E-state index is -1.16. The van der Waals surface area contributed by atoms with Gasteiger partial charge in [0.25, 0.3) is 5.88 Å². The average Bonchev–Trinajstić information content (AvgIpc) is 2.73. The van der Waals surface area contributed by atoms with E-state index in [0.29, 0.717) is 13.0 Å². The number of ether oxygens (including phenoxy) is 1. The second-order valence-corrected chi connectivity index (χ2v) is 3.98. The average molecular weight is 267 g/mol. The minimum Gasteiger partial charge on any atom is -0.476 e. The number of hydrogen-bond donors (Lipinski definition) is 2. The topological polar surface area (TPSA) is 75.2 Å². The predicted octanol–water partition coefficient (Wildman–Crippen LogP) is 2.38. The van der Waals surface area contributed by atoms with E-state index in [0.717, 1.165) is 5.56 Å². The smallest absolute Gasteiger partial charge is 0.355 e. The maximum absolute atomic E-state index is 10.7. The summed E-state index contributed by atoms with van der Waals surface area (Å²) in [5, 5.41) is 14.8. The van der Waals surface area contributed by atoms with Gasteiger partial charge in [0.2, 0.25) is 0 Å². The molecule has 0 radical (unpaired) electrons. The second kappa shape index (κ2) is 5.55. The number of aromatic nitrogens is 2. The van der Waals surface area contributed by atoms with E-state index >= 15 is 0 Å². The molecule has 0 saturated heterocycles. The molecule has 1 heterocycles. The van der Waals surface area contributed by atoms with Gasteiger partial charge in [-0.2, -0.15) is 0 Å². The summed E-state index contributed by atoms with van der Waals surface area (Å²) in [6.45, 7) is 0.383. The SMILES string of the molecule is O=C(O)c1[nH]nc(OCCc2ccccc2)c1Cl. The summed E-state index contributed by atoms with van der Waals surface area (Å²) in [7, 11) is 0. The molecule has 0 amide bonds. The quantitative estimate of drug-likeness (QED) is 0.871. The van der Waals surface area contributed by atoms with Crippen LogP contribution in [0.1, 0.15) is 16.1 Å². The van der Waals surface area contributed by atoms with Crippen LogP contribution in [0.2, 0.25) is 5.02 Å². The van der Waals surface area contributed by atoms with Gasteiger partial charge in [-0.3, -0.25) is 5.10 Å². The van der Waals surface area contributed by atoms with Crippen LogP contribution in [-0.2, 0) is 6.42 Å². The first-order chi connectivity index (χ1) is 8.68. The van der Waals surface area contributed by atoms with Crippen molar-refractivity contribution in [1.29, 1.82) is 0 Å². The molecule has 0 fully saturated rings. The van der Waals surface area contributed by atoms with Crippen LogP contribution in [0.5, 0.6) is 5.88 Å². The van der Waals surface area contributed by atoms with Gasteiger partial charge in [0.05, 0.1) is 6.61 Å². The fourth-order valence-corrected chi connectivity index (χ4v) is 1.68. The number of hydrogen-bond acceptors (Lipinski definition) is 3. The van der Waals surface area contributed by atoms with Gasteiger partial charge in [0.1, 0.15) is 5.02 Å². The molecule has 0 bridgehead atoms. The van der Waals surface area contributed by atoms with E-state index in [1.807, 2.05) is 30.3 Å². The van der Waals surface area contributed by atoms with E-state index in [1.165, 1.54) is 0 Å². The summed E-state index contributed by atoms with van der Waals surface area (Å²) in [6, 6.07) is 9.79. The van der Waals surface area contributed by atoms with Crippen LogP contribution in [0.4, 0.5) is 0 Å². The number of carboxylic acid groups (broad SMARTS) is 1. The van der Waals surface area contributed by atoms with Crippen molar-refractivity contribution >= 4 is 17.6 Å². The molecule has 0 saturated carbocycles. The Morgan fingerprint density at radius 1 is 1.39 bits per heavy atom. The van der Waals surface area contributed by atoms with Gasteiger partial charge in [0.15, 0.2) is 5.69 Å². The molecule has 18 heavy (non-hydrogen) atoms. The van der Waals surface area contributed by atoms with Crippen molar-refractivity contribution in [3.05, 3.63) is 46.6 Å². The summed E-state index contributed by atoms with van der Waals surface area (Å²) in [6.07, 6.45) is 0.701. The van der Waals surface area contributed by atoms with Crippen LogP contribution >= 0.6 is 11.6 Å². The Kier molecular flexibility index (Phi) is 3.84. The Morgan fingerprint density at radius 2 is 2.11 bits per heavy atom. The number of nitrogens with one attached hydrogen (secondary N) is 1. The number of aromatic amines is 1. The second-order valence-electron chi connectivity index (χ2n) is 3.61. The van der Waals surface area contributed by atoms with Gasteiger partial charge in [-0.25, -0.2) is 4.79 Å². The first-order valence-corrected chi connectivity index (χ1v) is 5.70. The first-order valence-electron chi connectivity index (χ1n) is 5.32. The van der Waals surface area contributed by atoms with Gasteiger partial charge in [-0.05, 0) is 5.56 Å². The monoisotopic (exact) mass is 266 g/mol. The third kappa shape index (κ3) is 2.81. The van der Waals surface area contributed by atoms with Gasteiger partial charge in [-0.15, -0.1) is 5.10 Å². The van der Waals surface area contributed by atoms with Crippen molar-refractivity contribution < 1.29 is 14.6 Å². The molecule has 0 aliphatic heterocycles.